The summed E-state index contributed by atoms with van der Waals surface area (Å²) in [5, 5.41) is 3.63. The predicted molar refractivity (Wildman–Crippen MR) is 85.5 cm³/mol. The molecule has 112 valence electrons. The number of benzene rings is 1. The Balaban J connectivity index is 2.06. The van der Waals surface area contributed by atoms with E-state index < -0.39 is 0 Å². The highest BCUT2D eigenvalue weighted by molar-refractivity contribution is 5.30. The van der Waals surface area contributed by atoms with Crippen molar-refractivity contribution >= 4 is 0 Å². The largest absolute Gasteiger partial charge is 0.497 e. The van der Waals surface area contributed by atoms with E-state index in [4.69, 9.17) is 4.74 Å². The summed E-state index contributed by atoms with van der Waals surface area (Å²) >= 11 is 0. The van der Waals surface area contributed by atoms with Gasteiger partial charge in [0.15, 0.2) is 0 Å². The highest BCUT2D eigenvalue weighted by atomic mass is 16.5. The molecule has 2 heteroatoms. The van der Waals surface area contributed by atoms with E-state index in [9.17, 15) is 0 Å². The fourth-order valence-electron chi connectivity index (χ4n) is 3.38. The first-order chi connectivity index (χ1) is 9.85. The van der Waals surface area contributed by atoms with Crippen molar-refractivity contribution in [1.29, 1.82) is 0 Å². The lowest BCUT2D eigenvalue weighted by atomic mass is 9.76. The number of rotatable bonds is 7. The van der Waals surface area contributed by atoms with Gasteiger partial charge in [-0.15, -0.1) is 0 Å². The second kappa shape index (κ2) is 8.31. The van der Waals surface area contributed by atoms with E-state index in [1.807, 2.05) is 0 Å². The molecule has 2 nitrogen and oxygen atoms in total. The summed E-state index contributed by atoms with van der Waals surface area (Å²) in [5.41, 5.74) is 1.47. The molecule has 0 bridgehead atoms. The Hall–Kier alpha value is -1.02. The molecule has 1 fully saturated rings. The summed E-state index contributed by atoms with van der Waals surface area (Å²) in [4.78, 5) is 0. The van der Waals surface area contributed by atoms with Gasteiger partial charge >= 0.3 is 0 Å². The smallest absolute Gasteiger partial charge is 0.118 e. The van der Waals surface area contributed by atoms with Gasteiger partial charge in [0.05, 0.1) is 7.11 Å². The minimum atomic E-state index is 0.660. The van der Waals surface area contributed by atoms with Crippen LogP contribution in [0.1, 0.15) is 56.9 Å². The molecule has 1 aromatic rings. The van der Waals surface area contributed by atoms with E-state index in [1.54, 1.807) is 7.11 Å². The average Bonchev–Trinajstić information content (AvgIpc) is 2.53. The van der Waals surface area contributed by atoms with Gasteiger partial charge in [-0.05, 0) is 55.3 Å². The number of nitrogens with one attached hydrogen (secondary N) is 1. The van der Waals surface area contributed by atoms with Crippen molar-refractivity contribution in [3.63, 3.8) is 0 Å². The van der Waals surface area contributed by atoms with Gasteiger partial charge in [-0.1, -0.05) is 38.3 Å². The second-order valence-electron chi connectivity index (χ2n) is 5.98. The Morgan fingerprint density at radius 1 is 1.15 bits per heavy atom. The van der Waals surface area contributed by atoms with Crippen LogP contribution in [0.2, 0.25) is 0 Å². The number of methoxy groups -OCH3 is 1. The van der Waals surface area contributed by atoms with Gasteiger partial charge in [-0.2, -0.15) is 0 Å². The Bertz CT molecular complexity index is 368. The third-order valence-electron chi connectivity index (χ3n) is 4.55. The molecular weight excluding hydrogens is 246 g/mol. The van der Waals surface area contributed by atoms with Crippen molar-refractivity contribution < 1.29 is 4.74 Å². The quantitative estimate of drug-likeness (QED) is 0.747. The summed E-state index contributed by atoms with van der Waals surface area (Å²) in [6.07, 6.45) is 8.24. The van der Waals surface area contributed by atoms with Crippen molar-refractivity contribution in [2.75, 3.05) is 20.2 Å². The molecule has 20 heavy (non-hydrogen) atoms. The van der Waals surface area contributed by atoms with Crippen LogP contribution in [0, 0.1) is 5.92 Å². The number of hydrogen-bond donors (Lipinski definition) is 1. The van der Waals surface area contributed by atoms with Crippen LogP contribution >= 0.6 is 0 Å². The van der Waals surface area contributed by atoms with Crippen LogP contribution in [0.25, 0.3) is 0 Å². The molecule has 1 saturated carbocycles. The Kier molecular flexibility index (Phi) is 6.38. The van der Waals surface area contributed by atoms with Crippen molar-refractivity contribution in [2.45, 2.75) is 51.4 Å². The predicted octanol–water partition coefficient (Wildman–Crippen LogP) is 4.36. The SMILES string of the molecule is CCCNCC(c1ccc(OC)cc1)C1CCCCC1. The summed E-state index contributed by atoms with van der Waals surface area (Å²) in [6, 6.07) is 8.72. The molecule has 0 aromatic heterocycles. The standard InChI is InChI=1S/C18H29NO/c1-3-13-19-14-18(15-7-5-4-6-8-15)16-9-11-17(20-2)12-10-16/h9-12,15,18-19H,3-8,13-14H2,1-2H3. The number of hydrogen-bond acceptors (Lipinski definition) is 2. The Morgan fingerprint density at radius 3 is 2.45 bits per heavy atom. The normalized spacial score (nSPS) is 17.9. The molecule has 1 atom stereocenters. The minimum Gasteiger partial charge on any atom is -0.497 e. The highest BCUT2D eigenvalue weighted by Crippen LogP contribution is 2.36. The lowest BCUT2D eigenvalue weighted by molar-refractivity contribution is 0.297. The second-order valence-corrected chi connectivity index (χ2v) is 5.98. The maximum absolute atomic E-state index is 5.28. The van der Waals surface area contributed by atoms with Crippen LogP contribution in [0.3, 0.4) is 0 Å². The summed E-state index contributed by atoms with van der Waals surface area (Å²) in [6.45, 7) is 4.47. The first-order valence-electron chi connectivity index (χ1n) is 8.19. The molecule has 1 aliphatic rings. The molecule has 1 aromatic carbocycles. The van der Waals surface area contributed by atoms with Crippen molar-refractivity contribution in [3.8, 4) is 5.75 Å². The van der Waals surface area contributed by atoms with E-state index in [-0.39, 0.29) is 0 Å². The van der Waals surface area contributed by atoms with Gasteiger partial charge in [0.1, 0.15) is 5.75 Å². The van der Waals surface area contributed by atoms with Gasteiger partial charge in [-0.25, -0.2) is 0 Å². The lowest BCUT2D eigenvalue weighted by Gasteiger charge is -2.31. The van der Waals surface area contributed by atoms with Crippen LogP contribution in [0.4, 0.5) is 0 Å². The third-order valence-corrected chi connectivity index (χ3v) is 4.55. The van der Waals surface area contributed by atoms with Crippen LogP contribution in [-0.2, 0) is 0 Å². The topological polar surface area (TPSA) is 21.3 Å². The first-order valence-corrected chi connectivity index (χ1v) is 8.19. The van der Waals surface area contributed by atoms with Gasteiger partial charge in [0.25, 0.3) is 0 Å². The number of ether oxygens (including phenoxy) is 1. The fraction of sp³-hybridized carbons (Fsp3) is 0.667. The zero-order valence-electron chi connectivity index (χ0n) is 13.0. The minimum absolute atomic E-state index is 0.660. The molecule has 0 saturated heterocycles. The van der Waals surface area contributed by atoms with E-state index in [0.29, 0.717) is 5.92 Å². The first kappa shape index (κ1) is 15.4. The van der Waals surface area contributed by atoms with Gasteiger partial charge in [0, 0.05) is 6.54 Å². The Labute approximate surface area is 123 Å². The van der Waals surface area contributed by atoms with Crippen molar-refractivity contribution in [2.24, 2.45) is 5.92 Å². The van der Waals surface area contributed by atoms with Gasteiger partial charge in [0.2, 0.25) is 0 Å². The molecule has 0 amide bonds. The van der Waals surface area contributed by atoms with E-state index in [1.165, 1.54) is 44.1 Å². The highest BCUT2D eigenvalue weighted by Gasteiger charge is 2.24. The van der Waals surface area contributed by atoms with Crippen molar-refractivity contribution in [3.05, 3.63) is 29.8 Å². The molecular formula is C18H29NO. The molecule has 2 rings (SSSR count). The van der Waals surface area contributed by atoms with Crippen molar-refractivity contribution in [1.82, 2.24) is 5.32 Å². The summed E-state index contributed by atoms with van der Waals surface area (Å²) < 4.78 is 5.28. The van der Waals surface area contributed by atoms with E-state index in [0.717, 1.165) is 24.8 Å². The maximum Gasteiger partial charge on any atom is 0.118 e. The third kappa shape index (κ3) is 4.24. The zero-order valence-corrected chi connectivity index (χ0v) is 13.0. The average molecular weight is 275 g/mol. The van der Waals surface area contributed by atoms with E-state index in [2.05, 4.69) is 36.5 Å². The monoisotopic (exact) mass is 275 g/mol. The summed E-state index contributed by atoms with van der Waals surface area (Å²) in [5.74, 6) is 2.46. The van der Waals surface area contributed by atoms with Gasteiger partial charge < -0.3 is 10.1 Å². The maximum atomic E-state index is 5.28. The lowest BCUT2D eigenvalue weighted by Crippen LogP contribution is -2.28. The van der Waals surface area contributed by atoms with E-state index >= 15 is 0 Å². The zero-order chi connectivity index (χ0) is 14.2. The van der Waals surface area contributed by atoms with Gasteiger partial charge in [-0.3, -0.25) is 0 Å². The van der Waals surface area contributed by atoms with Crippen LogP contribution in [0.5, 0.6) is 5.75 Å². The molecule has 0 radical (unpaired) electrons. The van der Waals surface area contributed by atoms with Crippen LogP contribution in [-0.4, -0.2) is 20.2 Å². The molecule has 0 aliphatic heterocycles. The molecule has 0 spiro atoms. The molecule has 1 N–H and O–H groups in total. The van der Waals surface area contributed by atoms with Crippen LogP contribution in [0.15, 0.2) is 24.3 Å². The Morgan fingerprint density at radius 2 is 1.85 bits per heavy atom. The molecule has 1 aliphatic carbocycles. The fourth-order valence-corrected chi connectivity index (χ4v) is 3.38. The summed E-state index contributed by atoms with van der Waals surface area (Å²) in [7, 11) is 1.73. The van der Waals surface area contributed by atoms with Crippen LogP contribution < -0.4 is 10.1 Å². The molecule has 1 unspecified atom stereocenters. The molecule has 0 heterocycles.